The molecule has 9 heteroatoms. The van der Waals surface area contributed by atoms with Crippen LogP contribution in [0.25, 0.3) is 6.08 Å². The summed E-state index contributed by atoms with van der Waals surface area (Å²) in [6, 6.07) is 16.7. The number of nitrogens with zero attached hydrogens (tertiary/aromatic N) is 2. The van der Waals surface area contributed by atoms with E-state index in [4.69, 9.17) is 0 Å². The van der Waals surface area contributed by atoms with Crippen molar-refractivity contribution in [3.8, 4) is 0 Å². The Bertz CT molecular complexity index is 1150. The molecule has 3 amide bonds. The molecule has 2 aromatic carbocycles. The van der Waals surface area contributed by atoms with Crippen molar-refractivity contribution in [3.05, 3.63) is 87.2 Å². The Kier molecular flexibility index (Phi) is 7.41. The van der Waals surface area contributed by atoms with Crippen LogP contribution in [-0.4, -0.2) is 40.0 Å². The highest BCUT2D eigenvalue weighted by Gasteiger charge is 2.34. The Hall–Kier alpha value is -2.88. The number of hydrogen-bond donors (Lipinski definition) is 1. The van der Waals surface area contributed by atoms with E-state index in [2.05, 4.69) is 10.3 Å². The van der Waals surface area contributed by atoms with Crippen molar-refractivity contribution in [2.75, 3.05) is 13.1 Å². The van der Waals surface area contributed by atoms with Gasteiger partial charge >= 0.3 is 0 Å². The fraction of sp³-hybridized carbons (Fsp3) is 0.130. The van der Waals surface area contributed by atoms with Gasteiger partial charge in [0.25, 0.3) is 17.1 Å². The van der Waals surface area contributed by atoms with Crippen LogP contribution >= 0.6 is 34.9 Å². The van der Waals surface area contributed by atoms with Gasteiger partial charge in [-0.15, -0.1) is 23.1 Å². The van der Waals surface area contributed by atoms with E-state index < -0.39 is 0 Å². The average molecular weight is 482 g/mol. The first-order chi connectivity index (χ1) is 15.6. The number of nitrogens with one attached hydrogen (secondary N) is 1. The maximum atomic E-state index is 12.7. The molecule has 1 fully saturated rings. The molecule has 2 heterocycles. The van der Waals surface area contributed by atoms with Crippen LogP contribution in [0.5, 0.6) is 0 Å². The largest absolute Gasteiger partial charge is 0.350 e. The second-order valence-electron chi connectivity index (χ2n) is 6.76. The van der Waals surface area contributed by atoms with E-state index in [1.54, 1.807) is 29.4 Å². The second kappa shape index (κ2) is 10.6. The summed E-state index contributed by atoms with van der Waals surface area (Å²) in [5, 5.41) is 4.48. The third kappa shape index (κ3) is 5.48. The second-order valence-corrected chi connectivity index (χ2v) is 9.49. The highest BCUT2D eigenvalue weighted by Crippen LogP contribution is 2.32. The van der Waals surface area contributed by atoms with Gasteiger partial charge in [-0.25, -0.2) is 4.98 Å². The summed E-state index contributed by atoms with van der Waals surface area (Å²) in [6.45, 7) is 0.303. The smallest absolute Gasteiger partial charge is 0.293 e. The van der Waals surface area contributed by atoms with Crippen LogP contribution in [0.4, 0.5) is 4.79 Å². The zero-order valence-corrected chi connectivity index (χ0v) is 19.3. The first kappa shape index (κ1) is 22.3. The van der Waals surface area contributed by atoms with Gasteiger partial charge in [0.1, 0.15) is 0 Å². The molecule has 1 aliphatic heterocycles. The summed E-state index contributed by atoms with van der Waals surface area (Å²) in [7, 11) is 0. The molecule has 0 atom stereocenters. The number of carbonyl (C=O) groups is 3. The minimum Gasteiger partial charge on any atom is -0.350 e. The van der Waals surface area contributed by atoms with Crippen molar-refractivity contribution < 1.29 is 14.4 Å². The average Bonchev–Trinajstić information content (AvgIpc) is 3.42. The fourth-order valence-corrected chi connectivity index (χ4v) is 5.49. The van der Waals surface area contributed by atoms with E-state index in [1.807, 2.05) is 53.9 Å². The van der Waals surface area contributed by atoms with Crippen molar-refractivity contribution in [1.82, 2.24) is 15.2 Å². The molecule has 1 saturated heterocycles. The molecule has 0 saturated carbocycles. The zero-order valence-electron chi connectivity index (χ0n) is 16.9. The highest BCUT2D eigenvalue weighted by atomic mass is 32.2. The van der Waals surface area contributed by atoms with Crippen LogP contribution in [0, 0.1) is 0 Å². The molecule has 3 aromatic rings. The Morgan fingerprint density at radius 1 is 1.09 bits per heavy atom. The minimum atomic E-state index is -0.336. The van der Waals surface area contributed by atoms with E-state index in [-0.39, 0.29) is 30.1 Å². The van der Waals surface area contributed by atoms with Crippen LogP contribution in [0.2, 0.25) is 0 Å². The molecule has 0 spiro atoms. The van der Waals surface area contributed by atoms with Crippen LogP contribution < -0.4 is 5.32 Å². The summed E-state index contributed by atoms with van der Waals surface area (Å²) in [5.74, 6) is 0.105. The lowest BCUT2D eigenvalue weighted by Gasteiger charge is -2.14. The molecule has 32 heavy (non-hydrogen) atoms. The molecular weight excluding hydrogens is 462 g/mol. The molecule has 162 valence electrons. The highest BCUT2D eigenvalue weighted by molar-refractivity contribution is 8.18. The van der Waals surface area contributed by atoms with Crippen molar-refractivity contribution in [2.24, 2.45) is 0 Å². The Morgan fingerprint density at radius 3 is 2.66 bits per heavy atom. The van der Waals surface area contributed by atoms with Gasteiger partial charge in [0.05, 0.1) is 21.7 Å². The van der Waals surface area contributed by atoms with Gasteiger partial charge in [-0.2, -0.15) is 0 Å². The van der Waals surface area contributed by atoms with Crippen molar-refractivity contribution in [3.63, 3.8) is 0 Å². The zero-order chi connectivity index (χ0) is 22.3. The number of thiazole rings is 1. The molecule has 4 rings (SSSR count). The third-order valence-corrected chi connectivity index (χ3v) is 7.23. The summed E-state index contributed by atoms with van der Waals surface area (Å²) in [4.78, 5) is 44.3. The summed E-state index contributed by atoms with van der Waals surface area (Å²) in [6.07, 6.45) is 1.71. The molecule has 0 unspecified atom stereocenters. The number of imide groups is 1. The molecule has 1 aromatic heterocycles. The minimum absolute atomic E-state index is 0.122. The SMILES string of the molecule is O=C(NCCN1C(=O)S/C(=C\c2ccccc2)C1=O)c1ccccc1SCc1cscn1. The van der Waals surface area contributed by atoms with Gasteiger partial charge in [-0.3, -0.25) is 19.3 Å². The number of benzene rings is 2. The molecule has 0 aliphatic carbocycles. The van der Waals surface area contributed by atoms with Crippen molar-refractivity contribution >= 4 is 58.0 Å². The van der Waals surface area contributed by atoms with Crippen molar-refractivity contribution in [1.29, 1.82) is 0 Å². The predicted octanol–water partition coefficient (Wildman–Crippen LogP) is 4.90. The normalized spacial score (nSPS) is 14.9. The van der Waals surface area contributed by atoms with E-state index >= 15 is 0 Å². The molecule has 0 radical (unpaired) electrons. The third-order valence-electron chi connectivity index (χ3n) is 4.58. The summed E-state index contributed by atoms with van der Waals surface area (Å²) < 4.78 is 0. The van der Waals surface area contributed by atoms with Gasteiger partial charge in [0.2, 0.25) is 0 Å². The van der Waals surface area contributed by atoms with Gasteiger partial charge in [-0.1, -0.05) is 42.5 Å². The molecule has 0 bridgehead atoms. The number of aromatic nitrogens is 1. The maximum Gasteiger partial charge on any atom is 0.293 e. The molecule has 1 aliphatic rings. The number of rotatable bonds is 8. The van der Waals surface area contributed by atoms with Gasteiger partial charge in [-0.05, 0) is 35.5 Å². The van der Waals surface area contributed by atoms with Crippen LogP contribution in [0.3, 0.4) is 0 Å². The predicted molar refractivity (Wildman–Crippen MR) is 130 cm³/mol. The van der Waals surface area contributed by atoms with Crippen molar-refractivity contribution in [2.45, 2.75) is 10.6 Å². The van der Waals surface area contributed by atoms with Gasteiger partial charge < -0.3 is 5.32 Å². The quantitative estimate of drug-likeness (QED) is 0.364. The Labute approximate surface area is 198 Å². The van der Waals surface area contributed by atoms with E-state index in [9.17, 15) is 14.4 Å². The standard InChI is InChI=1S/C23H19N3O3S3/c27-21(18-8-4-5-9-19(18)31-14-17-13-30-15-25-17)24-10-11-26-22(28)20(32-23(26)29)12-16-6-2-1-3-7-16/h1-9,12-13,15H,10-11,14H2,(H,24,27)/b20-12-. The summed E-state index contributed by atoms with van der Waals surface area (Å²) in [5.41, 5.74) is 4.18. The number of hydrogen-bond acceptors (Lipinski definition) is 7. The maximum absolute atomic E-state index is 12.7. The monoisotopic (exact) mass is 481 g/mol. The number of carbonyl (C=O) groups excluding carboxylic acids is 3. The van der Waals surface area contributed by atoms with Gasteiger partial charge in [0, 0.05) is 29.1 Å². The molecule has 6 nitrogen and oxygen atoms in total. The molecule has 1 N–H and O–H groups in total. The first-order valence-electron chi connectivity index (χ1n) is 9.79. The van der Waals surface area contributed by atoms with Crippen LogP contribution in [0.1, 0.15) is 21.6 Å². The Balaban J connectivity index is 1.34. The topological polar surface area (TPSA) is 79.4 Å². The lowest BCUT2D eigenvalue weighted by Crippen LogP contribution is -2.37. The van der Waals surface area contributed by atoms with Crippen LogP contribution in [0.15, 0.2) is 75.3 Å². The van der Waals surface area contributed by atoms with Gasteiger partial charge in [0.15, 0.2) is 0 Å². The number of amides is 3. The van der Waals surface area contributed by atoms with E-state index in [0.29, 0.717) is 16.2 Å². The van der Waals surface area contributed by atoms with Crippen LogP contribution in [-0.2, 0) is 10.5 Å². The lowest BCUT2D eigenvalue weighted by molar-refractivity contribution is -0.122. The lowest BCUT2D eigenvalue weighted by atomic mass is 10.2. The Morgan fingerprint density at radius 2 is 1.88 bits per heavy atom. The fourth-order valence-electron chi connectivity index (χ4n) is 3.01. The van der Waals surface area contributed by atoms with E-state index in [1.165, 1.54) is 16.2 Å². The van der Waals surface area contributed by atoms with E-state index in [0.717, 1.165) is 27.9 Å². The first-order valence-corrected chi connectivity index (χ1v) is 12.5. The molecular formula is C23H19N3O3S3. The summed E-state index contributed by atoms with van der Waals surface area (Å²) >= 11 is 4.00. The number of thioether (sulfide) groups is 2.